The molecule has 3 aromatic rings. The van der Waals surface area contributed by atoms with Gasteiger partial charge in [-0.25, -0.2) is 4.39 Å². The maximum Gasteiger partial charge on any atom is 0.257 e. The normalized spacial score (nSPS) is 13.6. The lowest BCUT2D eigenvalue weighted by Gasteiger charge is -2.10. The van der Waals surface area contributed by atoms with Crippen LogP contribution in [0.2, 0.25) is 0 Å². The molecule has 1 aliphatic rings. The lowest BCUT2D eigenvalue weighted by atomic mass is 10.1. The Morgan fingerprint density at radius 2 is 1.89 bits per heavy atom. The Hall–Kier alpha value is -3.15. The van der Waals surface area contributed by atoms with E-state index >= 15 is 0 Å². The van der Waals surface area contributed by atoms with Gasteiger partial charge in [0.1, 0.15) is 5.82 Å². The molecule has 0 atom stereocenters. The van der Waals surface area contributed by atoms with Crippen LogP contribution < -0.4 is 10.6 Å². The summed E-state index contributed by atoms with van der Waals surface area (Å²) in [6.07, 6.45) is 1.67. The van der Waals surface area contributed by atoms with Crippen LogP contribution in [0.15, 0.2) is 36.4 Å². The summed E-state index contributed by atoms with van der Waals surface area (Å²) in [5.41, 5.74) is 3.90. The number of amides is 2. The van der Waals surface area contributed by atoms with Crippen LogP contribution in [0.25, 0.3) is 10.9 Å². The topological polar surface area (TPSA) is 74.0 Å². The standard InChI is InChI=1S/C21H20FN3O2/c1-11-12(2)23-19-15(11)4-3-5-16(19)21(27)24-14-8-9-17(22)18(10-14)25-20(26)13-6-7-13/h3-5,8-10,13,23H,6-7H2,1-2H3,(H,24,27)(H,25,26). The Kier molecular flexibility index (Phi) is 4.18. The zero-order chi connectivity index (χ0) is 19.1. The molecule has 1 aromatic heterocycles. The van der Waals surface area contributed by atoms with Gasteiger partial charge in [0.15, 0.2) is 0 Å². The number of rotatable bonds is 4. The molecule has 0 spiro atoms. The largest absolute Gasteiger partial charge is 0.358 e. The van der Waals surface area contributed by atoms with Crippen LogP contribution in [0.3, 0.4) is 0 Å². The van der Waals surface area contributed by atoms with E-state index in [1.54, 1.807) is 6.07 Å². The van der Waals surface area contributed by atoms with E-state index in [0.717, 1.165) is 35.0 Å². The summed E-state index contributed by atoms with van der Waals surface area (Å²) in [4.78, 5) is 27.9. The number of aryl methyl sites for hydroxylation is 2. The van der Waals surface area contributed by atoms with Crippen LogP contribution in [0.4, 0.5) is 15.8 Å². The summed E-state index contributed by atoms with van der Waals surface area (Å²) >= 11 is 0. The fraction of sp³-hybridized carbons (Fsp3) is 0.238. The molecule has 1 saturated carbocycles. The number of carbonyl (C=O) groups is 2. The molecule has 0 unspecified atom stereocenters. The summed E-state index contributed by atoms with van der Waals surface area (Å²) in [7, 11) is 0. The molecule has 2 aromatic carbocycles. The van der Waals surface area contributed by atoms with Crippen molar-refractivity contribution in [1.82, 2.24) is 4.98 Å². The molecule has 27 heavy (non-hydrogen) atoms. The maximum atomic E-state index is 14.0. The first-order chi connectivity index (χ1) is 12.9. The van der Waals surface area contributed by atoms with Crippen LogP contribution in [-0.2, 0) is 4.79 Å². The van der Waals surface area contributed by atoms with Gasteiger partial charge in [0.2, 0.25) is 5.91 Å². The smallest absolute Gasteiger partial charge is 0.257 e. The van der Waals surface area contributed by atoms with Crippen LogP contribution in [0.5, 0.6) is 0 Å². The van der Waals surface area contributed by atoms with E-state index in [0.29, 0.717) is 11.3 Å². The molecule has 0 aliphatic heterocycles. The molecule has 0 bridgehead atoms. The highest BCUT2D eigenvalue weighted by Gasteiger charge is 2.30. The number of fused-ring (bicyclic) bond motifs is 1. The number of aromatic amines is 1. The van der Waals surface area contributed by atoms with Gasteiger partial charge >= 0.3 is 0 Å². The fourth-order valence-electron chi connectivity index (χ4n) is 3.15. The van der Waals surface area contributed by atoms with Crippen molar-refractivity contribution >= 4 is 34.1 Å². The van der Waals surface area contributed by atoms with E-state index in [1.165, 1.54) is 18.2 Å². The van der Waals surface area contributed by atoms with E-state index in [9.17, 15) is 14.0 Å². The van der Waals surface area contributed by atoms with Gasteiger partial charge in [-0.15, -0.1) is 0 Å². The van der Waals surface area contributed by atoms with E-state index < -0.39 is 5.82 Å². The lowest BCUT2D eigenvalue weighted by molar-refractivity contribution is -0.117. The number of hydrogen-bond acceptors (Lipinski definition) is 2. The second kappa shape index (κ2) is 6.54. The molecule has 1 aliphatic carbocycles. The van der Waals surface area contributed by atoms with Gasteiger partial charge in [-0.2, -0.15) is 0 Å². The van der Waals surface area contributed by atoms with Gasteiger partial charge in [-0.1, -0.05) is 12.1 Å². The van der Waals surface area contributed by atoms with Crippen LogP contribution in [-0.4, -0.2) is 16.8 Å². The van der Waals surface area contributed by atoms with Crippen molar-refractivity contribution in [3.63, 3.8) is 0 Å². The minimum absolute atomic E-state index is 0.0281. The second-order valence-corrected chi connectivity index (χ2v) is 7.02. The molecule has 2 amide bonds. The highest BCUT2D eigenvalue weighted by atomic mass is 19.1. The Bertz CT molecular complexity index is 1070. The summed E-state index contributed by atoms with van der Waals surface area (Å²) < 4.78 is 14.0. The Labute approximate surface area is 156 Å². The zero-order valence-corrected chi connectivity index (χ0v) is 15.2. The summed E-state index contributed by atoms with van der Waals surface area (Å²) in [5.74, 6) is -1.04. The molecule has 4 rings (SSSR count). The number of H-pyrrole nitrogens is 1. The van der Waals surface area contributed by atoms with Gasteiger partial charge in [0.25, 0.3) is 5.91 Å². The number of para-hydroxylation sites is 1. The highest BCUT2D eigenvalue weighted by Crippen LogP contribution is 2.31. The molecule has 0 saturated heterocycles. The molecule has 5 nitrogen and oxygen atoms in total. The van der Waals surface area contributed by atoms with Gasteiger partial charge in [0, 0.05) is 22.7 Å². The van der Waals surface area contributed by atoms with Crippen molar-refractivity contribution in [3.05, 3.63) is 59.0 Å². The molecule has 6 heteroatoms. The Morgan fingerprint density at radius 1 is 1.11 bits per heavy atom. The van der Waals surface area contributed by atoms with E-state index in [-0.39, 0.29) is 23.4 Å². The van der Waals surface area contributed by atoms with Crippen LogP contribution >= 0.6 is 0 Å². The van der Waals surface area contributed by atoms with Gasteiger partial charge in [-0.3, -0.25) is 9.59 Å². The third-order valence-corrected chi connectivity index (χ3v) is 5.02. The first-order valence-electron chi connectivity index (χ1n) is 8.93. The van der Waals surface area contributed by atoms with Gasteiger partial charge in [-0.05, 0) is 56.5 Å². The summed E-state index contributed by atoms with van der Waals surface area (Å²) in [6.45, 7) is 3.97. The summed E-state index contributed by atoms with van der Waals surface area (Å²) in [6, 6.07) is 9.70. The number of hydrogen-bond donors (Lipinski definition) is 3. The average Bonchev–Trinajstić information content (AvgIpc) is 3.45. The van der Waals surface area contributed by atoms with Crippen molar-refractivity contribution in [3.8, 4) is 0 Å². The number of carbonyl (C=O) groups excluding carboxylic acids is 2. The SMILES string of the molecule is Cc1[nH]c2c(C(=O)Nc3ccc(F)c(NC(=O)C4CC4)c3)cccc2c1C. The molecule has 3 N–H and O–H groups in total. The molecular weight excluding hydrogens is 345 g/mol. The minimum atomic E-state index is -0.528. The quantitative estimate of drug-likeness (QED) is 0.636. The monoisotopic (exact) mass is 365 g/mol. The average molecular weight is 365 g/mol. The number of nitrogens with one attached hydrogen (secondary N) is 3. The molecule has 138 valence electrons. The van der Waals surface area contributed by atoms with Crippen LogP contribution in [0.1, 0.15) is 34.5 Å². The first kappa shape index (κ1) is 17.3. The molecule has 1 fully saturated rings. The third-order valence-electron chi connectivity index (χ3n) is 5.02. The third kappa shape index (κ3) is 3.30. The fourth-order valence-corrected chi connectivity index (χ4v) is 3.15. The van der Waals surface area contributed by atoms with Crippen LogP contribution in [0, 0.1) is 25.6 Å². The van der Waals surface area contributed by atoms with Crippen molar-refractivity contribution < 1.29 is 14.0 Å². The summed E-state index contributed by atoms with van der Waals surface area (Å²) in [5, 5.41) is 6.38. The van der Waals surface area contributed by atoms with Crippen molar-refractivity contribution in [2.75, 3.05) is 10.6 Å². The van der Waals surface area contributed by atoms with Crippen molar-refractivity contribution in [1.29, 1.82) is 0 Å². The predicted molar refractivity (Wildman–Crippen MR) is 103 cm³/mol. The lowest BCUT2D eigenvalue weighted by Crippen LogP contribution is -2.16. The molecular formula is C21H20FN3O2. The number of benzene rings is 2. The van der Waals surface area contributed by atoms with Crippen molar-refractivity contribution in [2.24, 2.45) is 5.92 Å². The first-order valence-corrected chi connectivity index (χ1v) is 8.93. The Balaban J connectivity index is 1.60. The highest BCUT2D eigenvalue weighted by molar-refractivity contribution is 6.12. The zero-order valence-electron chi connectivity index (χ0n) is 15.2. The minimum Gasteiger partial charge on any atom is -0.358 e. The molecule has 1 heterocycles. The molecule has 0 radical (unpaired) electrons. The van der Waals surface area contributed by atoms with Gasteiger partial charge < -0.3 is 15.6 Å². The van der Waals surface area contributed by atoms with Gasteiger partial charge in [0.05, 0.1) is 16.8 Å². The van der Waals surface area contributed by atoms with E-state index in [2.05, 4.69) is 15.6 Å². The number of halogens is 1. The maximum absolute atomic E-state index is 14.0. The van der Waals surface area contributed by atoms with E-state index in [1.807, 2.05) is 26.0 Å². The number of aromatic nitrogens is 1. The second-order valence-electron chi connectivity index (χ2n) is 7.02. The number of anilines is 2. The Morgan fingerprint density at radius 3 is 2.63 bits per heavy atom. The van der Waals surface area contributed by atoms with Crippen molar-refractivity contribution in [2.45, 2.75) is 26.7 Å². The van der Waals surface area contributed by atoms with E-state index in [4.69, 9.17) is 0 Å². The predicted octanol–water partition coefficient (Wildman–Crippen LogP) is 4.52.